The van der Waals surface area contributed by atoms with E-state index in [1.54, 1.807) is 6.08 Å². The SMILES string of the molecule is CC/C=C\C/C=C\CC(O)/C=C/C=C\C/C=C\C/C=C\CCC(=O)O[C@H](COC(=O)CCCCCCCCC/C=C\C/C=C\CCCCC)COP(=O)(O)OC[C@@H](O)COP(=O)(O)O. The van der Waals surface area contributed by atoms with Gasteiger partial charge in [0.15, 0.2) is 6.10 Å². The van der Waals surface area contributed by atoms with Gasteiger partial charge in [0.1, 0.15) is 12.7 Å². The Bertz CT molecular complexity index is 1510. The molecule has 2 unspecified atom stereocenters. The van der Waals surface area contributed by atoms with Gasteiger partial charge in [-0.25, -0.2) is 9.13 Å². The van der Waals surface area contributed by atoms with Crippen molar-refractivity contribution < 1.29 is 66.7 Å². The highest BCUT2D eigenvalue weighted by Gasteiger charge is 2.28. The summed E-state index contributed by atoms with van der Waals surface area (Å²) in [5, 5.41) is 19.8. The van der Waals surface area contributed by atoms with Crippen molar-refractivity contribution in [1.29, 1.82) is 0 Å². The minimum absolute atomic E-state index is 0.0239. The van der Waals surface area contributed by atoms with Crippen LogP contribution in [0.1, 0.15) is 149 Å². The first kappa shape index (κ1) is 61.0. The molecule has 0 spiro atoms. The van der Waals surface area contributed by atoms with Gasteiger partial charge < -0.3 is 34.4 Å². The number of esters is 2. The van der Waals surface area contributed by atoms with E-state index in [2.05, 4.69) is 59.4 Å². The molecule has 0 aromatic rings. The van der Waals surface area contributed by atoms with E-state index in [0.717, 1.165) is 70.6 Å². The lowest BCUT2D eigenvalue weighted by Crippen LogP contribution is -2.29. The zero-order valence-corrected chi connectivity index (χ0v) is 40.2. The van der Waals surface area contributed by atoms with E-state index in [1.165, 1.54) is 19.3 Å². The molecule has 0 amide bonds. The van der Waals surface area contributed by atoms with Gasteiger partial charge in [-0.1, -0.05) is 156 Å². The fourth-order valence-electron chi connectivity index (χ4n) is 5.55. The fraction of sp³-hybridized carbons (Fsp3) is 0.625. The van der Waals surface area contributed by atoms with Crippen molar-refractivity contribution in [3.05, 3.63) is 97.2 Å². The summed E-state index contributed by atoms with van der Waals surface area (Å²) < 4.78 is 47.7. The van der Waals surface area contributed by atoms with Crippen molar-refractivity contribution in [2.75, 3.05) is 26.4 Å². The summed E-state index contributed by atoms with van der Waals surface area (Å²) in [7, 11) is -9.73. The van der Waals surface area contributed by atoms with E-state index in [4.69, 9.17) is 23.8 Å². The van der Waals surface area contributed by atoms with Crippen LogP contribution in [0.4, 0.5) is 0 Å². The number of rotatable bonds is 42. The summed E-state index contributed by atoms with van der Waals surface area (Å²) in [6, 6.07) is 0. The highest BCUT2D eigenvalue weighted by atomic mass is 31.2. The predicted octanol–water partition coefficient (Wildman–Crippen LogP) is 11.1. The highest BCUT2D eigenvalue weighted by Crippen LogP contribution is 2.43. The van der Waals surface area contributed by atoms with Crippen LogP contribution in [0, 0.1) is 0 Å². The molecule has 0 aromatic heterocycles. The van der Waals surface area contributed by atoms with Crippen molar-refractivity contribution in [2.24, 2.45) is 0 Å². The Balaban J connectivity index is 4.69. The van der Waals surface area contributed by atoms with E-state index in [1.807, 2.05) is 54.7 Å². The molecule has 0 aliphatic rings. The first-order valence-electron chi connectivity index (χ1n) is 23.0. The molecule has 0 heterocycles. The van der Waals surface area contributed by atoms with Crippen molar-refractivity contribution >= 4 is 27.6 Å². The second-order valence-electron chi connectivity index (χ2n) is 15.1. The lowest BCUT2D eigenvalue weighted by Gasteiger charge is -2.20. The monoisotopic (exact) mass is 943 g/mol. The van der Waals surface area contributed by atoms with Gasteiger partial charge in [-0.3, -0.25) is 23.2 Å². The van der Waals surface area contributed by atoms with Gasteiger partial charge in [0.25, 0.3) is 0 Å². The first-order chi connectivity index (χ1) is 30.8. The molecule has 0 aliphatic carbocycles. The number of allylic oxidation sites excluding steroid dienone is 14. The maximum atomic E-state index is 12.7. The number of aliphatic hydroxyl groups excluding tert-OH is 2. The summed E-state index contributed by atoms with van der Waals surface area (Å²) in [6.07, 6.45) is 47.2. The van der Waals surface area contributed by atoms with Crippen LogP contribution in [0.15, 0.2) is 97.2 Å². The quantitative estimate of drug-likeness (QED) is 0.0127. The number of unbranched alkanes of at least 4 members (excludes halogenated alkanes) is 10. The van der Waals surface area contributed by atoms with Gasteiger partial charge in [-0.05, 0) is 77.0 Å². The van der Waals surface area contributed by atoms with E-state index in [0.29, 0.717) is 32.1 Å². The number of hydrogen-bond donors (Lipinski definition) is 5. The van der Waals surface area contributed by atoms with Crippen LogP contribution in [-0.4, -0.2) is 81.6 Å². The van der Waals surface area contributed by atoms with Gasteiger partial charge in [-0.15, -0.1) is 0 Å². The molecule has 4 atom stereocenters. The molecule has 0 fully saturated rings. The van der Waals surface area contributed by atoms with Crippen LogP contribution in [0.5, 0.6) is 0 Å². The summed E-state index contributed by atoms with van der Waals surface area (Å²) in [5.41, 5.74) is 0. The molecule has 14 nitrogen and oxygen atoms in total. The Morgan fingerprint density at radius 3 is 1.70 bits per heavy atom. The number of phosphoric acid groups is 2. The number of carbonyl (C=O) groups is 2. The normalized spacial score (nSPS) is 15.3. The maximum Gasteiger partial charge on any atom is 0.472 e. The molecular formula is C48H80O14P2. The van der Waals surface area contributed by atoms with E-state index < -0.39 is 72.3 Å². The Kier molecular flexibility index (Phi) is 40.6. The summed E-state index contributed by atoms with van der Waals surface area (Å²) in [4.78, 5) is 52.8. The van der Waals surface area contributed by atoms with E-state index in [-0.39, 0.29) is 12.8 Å². The number of hydrogen-bond acceptors (Lipinski definition) is 11. The van der Waals surface area contributed by atoms with Crippen molar-refractivity contribution in [3.63, 3.8) is 0 Å². The first-order valence-corrected chi connectivity index (χ1v) is 26.1. The third-order valence-electron chi connectivity index (χ3n) is 9.04. The average molecular weight is 943 g/mol. The second-order valence-corrected chi connectivity index (χ2v) is 17.8. The third-order valence-corrected chi connectivity index (χ3v) is 10.5. The molecule has 0 rings (SSSR count). The Morgan fingerprint density at radius 1 is 0.531 bits per heavy atom. The van der Waals surface area contributed by atoms with E-state index >= 15 is 0 Å². The Labute approximate surface area is 383 Å². The fourth-order valence-corrected chi connectivity index (χ4v) is 6.70. The minimum atomic E-state index is -4.88. The largest absolute Gasteiger partial charge is 0.472 e. The van der Waals surface area contributed by atoms with Crippen LogP contribution >= 0.6 is 15.6 Å². The number of phosphoric ester groups is 2. The van der Waals surface area contributed by atoms with Crippen molar-refractivity contribution in [1.82, 2.24) is 0 Å². The van der Waals surface area contributed by atoms with Crippen LogP contribution in [-0.2, 0) is 41.8 Å². The second kappa shape index (κ2) is 42.6. The third kappa shape index (κ3) is 45.6. The highest BCUT2D eigenvalue weighted by molar-refractivity contribution is 7.47. The van der Waals surface area contributed by atoms with Crippen LogP contribution in [0.25, 0.3) is 0 Å². The standard InChI is InChI=1S/C48H80O14P2/c1-3-5-7-9-11-12-13-14-15-16-17-18-19-23-26-30-34-38-47(51)58-42-46(43-61-64(56,57)60-41-45(50)40-59-63(53,54)55)62-48(52)39-35-31-27-24-21-20-22-25-29-33-37-44(49)36-32-28-10-8-6-4-2/h6,8,11-12,14-15,20-21,25,27-29,31-33,37,44-46,49-50H,3-5,7,9-10,13,16-19,22-24,26,30,34-36,38-43H2,1-2H3,(H,56,57)(H2,53,54,55)/b8-6-,12-11-,15-14-,21-20-,29-25-,31-27-,32-28-,37-33+/t44?,45-,46+/m0/s1. The molecule has 64 heavy (non-hydrogen) atoms. The molecular weight excluding hydrogens is 862 g/mol. The van der Waals surface area contributed by atoms with Gasteiger partial charge >= 0.3 is 27.6 Å². The molecule has 0 saturated heterocycles. The molecule has 16 heteroatoms. The molecule has 366 valence electrons. The Morgan fingerprint density at radius 2 is 1.06 bits per heavy atom. The van der Waals surface area contributed by atoms with E-state index in [9.17, 15) is 33.8 Å². The minimum Gasteiger partial charge on any atom is -0.462 e. The number of ether oxygens (including phenoxy) is 2. The topological polar surface area (TPSA) is 216 Å². The average Bonchev–Trinajstić information content (AvgIpc) is 3.25. The smallest absolute Gasteiger partial charge is 0.462 e. The zero-order valence-electron chi connectivity index (χ0n) is 38.5. The van der Waals surface area contributed by atoms with Crippen molar-refractivity contribution in [3.8, 4) is 0 Å². The lowest BCUT2D eigenvalue weighted by molar-refractivity contribution is -0.161. The number of aliphatic hydroxyl groups is 2. The summed E-state index contributed by atoms with van der Waals surface area (Å²) >= 11 is 0. The van der Waals surface area contributed by atoms with Gasteiger partial charge in [0.2, 0.25) is 0 Å². The summed E-state index contributed by atoms with van der Waals surface area (Å²) in [6.45, 7) is 1.44. The van der Waals surface area contributed by atoms with Crippen molar-refractivity contribution in [2.45, 2.75) is 167 Å². The molecule has 0 aliphatic heterocycles. The van der Waals surface area contributed by atoms with Crippen LogP contribution < -0.4 is 0 Å². The van der Waals surface area contributed by atoms with Gasteiger partial charge in [0.05, 0.1) is 25.9 Å². The molecule has 0 bridgehead atoms. The molecule has 0 saturated carbocycles. The molecule has 0 aromatic carbocycles. The zero-order chi connectivity index (χ0) is 47.4. The van der Waals surface area contributed by atoms with Gasteiger partial charge in [-0.2, -0.15) is 0 Å². The summed E-state index contributed by atoms with van der Waals surface area (Å²) in [5.74, 6) is -1.18. The maximum absolute atomic E-state index is 12.7. The molecule has 5 N–H and O–H groups in total. The van der Waals surface area contributed by atoms with Crippen LogP contribution in [0.2, 0.25) is 0 Å². The lowest BCUT2D eigenvalue weighted by atomic mass is 10.1. The molecule has 0 radical (unpaired) electrons. The Hall–Kier alpha value is -3.00. The number of carbonyl (C=O) groups excluding carboxylic acids is 2. The predicted molar refractivity (Wildman–Crippen MR) is 254 cm³/mol. The van der Waals surface area contributed by atoms with Gasteiger partial charge in [0, 0.05) is 12.8 Å². The van der Waals surface area contributed by atoms with Crippen LogP contribution in [0.3, 0.4) is 0 Å².